The molecule has 4 aromatic carbocycles. The Labute approximate surface area is 386 Å². The van der Waals surface area contributed by atoms with Crippen LogP contribution in [0.3, 0.4) is 0 Å². The molecule has 2 heterocycles. The van der Waals surface area contributed by atoms with Gasteiger partial charge in [0.25, 0.3) is 18.9 Å². The lowest BCUT2D eigenvalue weighted by atomic mass is 9.86. The molecule has 1 aliphatic heterocycles. The summed E-state index contributed by atoms with van der Waals surface area (Å²) in [5.74, 6) is -0.501. The van der Waals surface area contributed by atoms with Gasteiger partial charge in [-0.3, -0.25) is 19.2 Å². The van der Waals surface area contributed by atoms with Gasteiger partial charge in [0, 0.05) is 48.8 Å². The number of benzene rings is 4. The van der Waals surface area contributed by atoms with Gasteiger partial charge in [0.05, 0.1) is 37.5 Å². The highest BCUT2D eigenvalue weighted by Crippen LogP contribution is 2.35. The maximum Gasteiger partial charge on any atom is 0.347 e. The van der Waals surface area contributed by atoms with Crippen LogP contribution >= 0.6 is 0 Å². The molecule has 1 amide bonds. The van der Waals surface area contributed by atoms with Gasteiger partial charge in [-0.1, -0.05) is 48.5 Å². The summed E-state index contributed by atoms with van der Waals surface area (Å²) in [4.78, 5) is 60.3. The topological polar surface area (TPSA) is 257 Å². The molecule has 2 fully saturated rings. The standard InChI is InChI=1S/C47H53FN4O9.2CH2O2/c1-59-42-25-38(39(48)23-32(42)26-49-27-41(54)36-13-15-40(53)44-37(36)14-16-43(55)51-44)45(56)50-19-6-22-60-35-10-5-9-34(24-35)47(58,33-7-3-2-4-8-33)46(57)61-29-31-17-20-52(21-18-31)28-30-11-12-30;2*2-1-3/h2-5,7-10,13-16,23-25,30-31,41,49,53-54,58H,6,11-12,17-22,26-29H2,1H3,(H,50,56)(H,51,55);2*1H,(H,2,3)/t41-,47-;;/m0../s1. The number of hydrogen-bond acceptors (Lipinski definition) is 13. The largest absolute Gasteiger partial charge is 0.506 e. The minimum absolute atomic E-state index is 0.0541. The molecule has 0 radical (unpaired) electrons. The van der Waals surface area contributed by atoms with Gasteiger partial charge < -0.3 is 60.3 Å². The molecular formula is C49H57FN4O13. The van der Waals surface area contributed by atoms with Crippen LogP contribution < -0.4 is 25.7 Å². The van der Waals surface area contributed by atoms with E-state index in [1.807, 2.05) is 6.07 Å². The lowest BCUT2D eigenvalue weighted by Gasteiger charge is -2.33. The zero-order valence-corrected chi connectivity index (χ0v) is 37.1. The number of hydrogen-bond donors (Lipinski definition) is 8. The summed E-state index contributed by atoms with van der Waals surface area (Å²) in [7, 11) is 1.41. The summed E-state index contributed by atoms with van der Waals surface area (Å²) in [5.41, 5.74) is -0.854. The number of pyridine rings is 1. The highest BCUT2D eigenvalue weighted by Gasteiger charge is 2.42. The number of phenols is 1. The molecule has 1 aliphatic carbocycles. The normalized spacial score (nSPS) is 15.0. The number of nitrogens with one attached hydrogen (secondary N) is 3. The first-order valence-electron chi connectivity index (χ1n) is 21.8. The fourth-order valence-corrected chi connectivity index (χ4v) is 7.85. The maximum atomic E-state index is 15.3. The molecule has 8 N–H and O–H groups in total. The van der Waals surface area contributed by atoms with Crippen LogP contribution in [0.25, 0.3) is 10.9 Å². The summed E-state index contributed by atoms with van der Waals surface area (Å²) in [5, 5.41) is 53.2. The van der Waals surface area contributed by atoms with Gasteiger partial charge in [0.2, 0.25) is 11.2 Å². The van der Waals surface area contributed by atoms with Gasteiger partial charge in [-0.05, 0) is 105 Å². The number of H-pyrrole nitrogens is 1. The Morgan fingerprint density at radius 2 is 1.63 bits per heavy atom. The molecule has 0 bridgehead atoms. The molecule has 358 valence electrons. The van der Waals surface area contributed by atoms with E-state index in [0.29, 0.717) is 39.8 Å². The molecular weight excluding hydrogens is 872 g/mol. The number of likely N-dealkylation sites (tertiary alicyclic amines) is 1. The lowest BCUT2D eigenvalue weighted by Crippen LogP contribution is -2.41. The number of aromatic nitrogens is 1. The van der Waals surface area contributed by atoms with Crippen LogP contribution in [-0.4, -0.2) is 113 Å². The summed E-state index contributed by atoms with van der Waals surface area (Å²) in [6.45, 7) is 3.38. The summed E-state index contributed by atoms with van der Waals surface area (Å²) < 4.78 is 32.6. The van der Waals surface area contributed by atoms with E-state index >= 15 is 4.39 Å². The number of ether oxygens (including phenoxy) is 3. The third-order valence-corrected chi connectivity index (χ3v) is 11.5. The minimum atomic E-state index is -2.06. The van der Waals surface area contributed by atoms with Crippen molar-refractivity contribution in [3.8, 4) is 17.2 Å². The number of rotatable bonds is 19. The van der Waals surface area contributed by atoms with Gasteiger partial charge in [0.1, 0.15) is 23.1 Å². The van der Waals surface area contributed by atoms with Crippen molar-refractivity contribution in [1.82, 2.24) is 20.5 Å². The van der Waals surface area contributed by atoms with Gasteiger partial charge in [-0.2, -0.15) is 0 Å². The zero-order valence-electron chi connectivity index (χ0n) is 37.1. The first kappa shape index (κ1) is 51.1. The number of carboxylic acid groups (broad SMARTS) is 2. The first-order valence-corrected chi connectivity index (χ1v) is 21.8. The first-order chi connectivity index (χ1) is 32.4. The molecule has 1 saturated heterocycles. The summed E-state index contributed by atoms with van der Waals surface area (Å²) in [6.07, 6.45) is 3.88. The molecule has 17 nitrogen and oxygen atoms in total. The van der Waals surface area contributed by atoms with Crippen LogP contribution in [-0.2, 0) is 31.3 Å². The molecule has 0 spiro atoms. The van der Waals surface area contributed by atoms with Crippen molar-refractivity contribution in [2.75, 3.05) is 53.0 Å². The Bertz CT molecular complexity index is 2470. The van der Waals surface area contributed by atoms with Crippen LogP contribution in [0.5, 0.6) is 17.2 Å². The van der Waals surface area contributed by atoms with E-state index in [1.54, 1.807) is 54.6 Å². The van der Waals surface area contributed by atoms with E-state index in [1.165, 1.54) is 50.3 Å². The maximum absolute atomic E-state index is 15.3. The lowest BCUT2D eigenvalue weighted by molar-refractivity contribution is -0.164. The van der Waals surface area contributed by atoms with E-state index in [-0.39, 0.29) is 79.8 Å². The van der Waals surface area contributed by atoms with Crippen molar-refractivity contribution in [2.45, 2.75) is 50.4 Å². The Balaban J connectivity index is 0.00000133. The second-order valence-corrected chi connectivity index (χ2v) is 16.1. The number of nitrogens with zero attached hydrogens (tertiary/aromatic N) is 1. The molecule has 5 aromatic rings. The molecule has 0 unspecified atom stereocenters. The predicted molar refractivity (Wildman–Crippen MR) is 244 cm³/mol. The van der Waals surface area contributed by atoms with Crippen molar-refractivity contribution < 1.29 is 63.3 Å². The number of methoxy groups -OCH3 is 1. The number of aliphatic hydroxyl groups is 2. The smallest absolute Gasteiger partial charge is 0.347 e. The number of carbonyl (C=O) groups is 4. The molecule has 67 heavy (non-hydrogen) atoms. The van der Waals surface area contributed by atoms with Crippen LogP contribution in [0, 0.1) is 17.7 Å². The average Bonchev–Trinajstić information content (AvgIpc) is 4.16. The molecule has 2 atom stereocenters. The van der Waals surface area contributed by atoms with Gasteiger partial charge in [-0.15, -0.1) is 0 Å². The second kappa shape index (κ2) is 25.2. The van der Waals surface area contributed by atoms with Crippen molar-refractivity contribution in [3.63, 3.8) is 0 Å². The number of aromatic amines is 1. The third kappa shape index (κ3) is 14.1. The van der Waals surface area contributed by atoms with Crippen LogP contribution in [0.2, 0.25) is 0 Å². The number of aliphatic hydroxyl groups excluding tert-OH is 1. The zero-order chi connectivity index (χ0) is 48.3. The number of fused-ring (bicyclic) bond motifs is 1. The fraction of sp³-hybridized carbons (Fsp3) is 0.367. The van der Waals surface area contributed by atoms with E-state index in [9.17, 15) is 29.7 Å². The van der Waals surface area contributed by atoms with Gasteiger partial charge >= 0.3 is 5.97 Å². The number of carbonyl (C=O) groups excluding carboxylic acids is 2. The second-order valence-electron chi connectivity index (χ2n) is 16.1. The number of piperidine rings is 1. The quantitative estimate of drug-likeness (QED) is 0.0317. The Hall–Kier alpha value is -6.86. The van der Waals surface area contributed by atoms with Crippen LogP contribution in [0.15, 0.2) is 95.8 Å². The van der Waals surface area contributed by atoms with Crippen molar-refractivity contribution in [2.24, 2.45) is 11.8 Å². The number of esters is 1. The number of halogens is 1. The molecule has 18 heteroatoms. The molecule has 2 aliphatic rings. The number of amides is 1. The van der Waals surface area contributed by atoms with Gasteiger partial charge in [-0.25, -0.2) is 9.18 Å². The Morgan fingerprint density at radius 3 is 2.31 bits per heavy atom. The van der Waals surface area contributed by atoms with Gasteiger partial charge in [0.15, 0.2) is 0 Å². The monoisotopic (exact) mass is 928 g/mol. The van der Waals surface area contributed by atoms with Crippen LogP contribution in [0.1, 0.15) is 70.8 Å². The highest BCUT2D eigenvalue weighted by molar-refractivity contribution is 5.95. The SMILES string of the molecule is COc1cc(C(=O)NCCCOc2cccc([C@](O)(C(=O)OCC3CCN(CC4CC4)CC3)c3ccccc3)c2)c(F)cc1CNC[C@H](O)c1ccc(O)c2[nH]c(=O)ccc12.O=CO.O=CO. The van der Waals surface area contributed by atoms with E-state index in [4.69, 9.17) is 34.0 Å². The fourth-order valence-electron chi connectivity index (χ4n) is 7.85. The Morgan fingerprint density at radius 1 is 0.925 bits per heavy atom. The van der Waals surface area contributed by atoms with Crippen molar-refractivity contribution in [1.29, 1.82) is 0 Å². The highest BCUT2D eigenvalue weighted by atomic mass is 19.1. The third-order valence-electron chi connectivity index (χ3n) is 11.5. The Kier molecular flexibility index (Phi) is 19.2. The van der Waals surface area contributed by atoms with E-state index in [2.05, 4.69) is 20.5 Å². The van der Waals surface area contributed by atoms with Crippen molar-refractivity contribution >= 4 is 35.7 Å². The van der Waals surface area contributed by atoms with Crippen LogP contribution in [0.4, 0.5) is 4.39 Å². The van der Waals surface area contributed by atoms with Crippen molar-refractivity contribution in [3.05, 3.63) is 135 Å². The molecule has 1 aromatic heterocycles. The number of aromatic hydroxyl groups is 1. The predicted octanol–water partition coefficient (Wildman–Crippen LogP) is 4.71. The average molecular weight is 929 g/mol. The molecule has 7 rings (SSSR count). The van der Waals surface area contributed by atoms with E-state index in [0.717, 1.165) is 38.4 Å². The summed E-state index contributed by atoms with van der Waals surface area (Å²) >= 11 is 0. The minimum Gasteiger partial charge on any atom is -0.506 e. The molecule has 1 saturated carbocycles. The summed E-state index contributed by atoms with van der Waals surface area (Å²) in [6, 6.07) is 23.7. The number of phenolic OH excluding ortho intramolecular Hbond substituents is 1. The van der Waals surface area contributed by atoms with E-state index < -0.39 is 29.4 Å².